The zero-order chi connectivity index (χ0) is 5.54. The van der Waals surface area contributed by atoms with E-state index >= 15 is 0 Å². The molecule has 0 heterocycles. The molecule has 0 aliphatic heterocycles. The predicted octanol–water partition coefficient (Wildman–Crippen LogP) is 0.474. The lowest BCUT2D eigenvalue weighted by molar-refractivity contribution is 0.335. The number of hydrogen-bond donors (Lipinski definition) is 0. The Bertz CT molecular complexity index is 27.3. The second-order valence-electron chi connectivity index (χ2n) is 1.70. The third kappa shape index (κ3) is 6.18. The summed E-state index contributed by atoms with van der Waals surface area (Å²) in [7, 11) is 0.906. The highest BCUT2D eigenvalue weighted by Crippen LogP contribution is 1.91. The van der Waals surface area contributed by atoms with Crippen LogP contribution in [0.15, 0.2) is 0 Å². The van der Waals surface area contributed by atoms with Gasteiger partial charge in [0, 0.05) is 6.61 Å². The Morgan fingerprint density at radius 1 is 1.43 bits per heavy atom. The molecular weight excluding hydrogens is 104 g/mol. The van der Waals surface area contributed by atoms with E-state index in [9.17, 15) is 0 Å². The minimum Gasteiger partial charge on any atom is -0.428 e. The van der Waals surface area contributed by atoms with Gasteiger partial charge in [0.2, 0.25) is 0 Å². The van der Waals surface area contributed by atoms with Gasteiger partial charge >= 0.3 is 0 Å². The molecule has 0 fully saturated rings. The monoisotopic (exact) mass is 118 g/mol. The Morgan fingerprint density at radius 3 is 2.57 bits per heavy atom. The number of unbranched alkanes of at least 4 members (excludes halogenated alkanes) is 2. The van der Waals surface area contributed by atoms with Crippen LogP contribution in [0.25, 0.3) is 0 Å². The van der Waals surface area contributed by atoms with Crippen molar-refractivity contribution in [2.24, 2.45) is 0 Å². The summed E-state index contributed by atoms with van der Waals surface area (Å²) in [6.45, 7) is 3.19. The number of rotatable bonds is 4. The molecule has 44 valence electrons. The van der Waals surface area contributed by atoms with E-state index in [0.717, 1.165) is 17.1 Å². The first-order chi connectivity index (χ1) is 3.41. The Labute approximate surface area is 48.6 Å². The molecule has 0 atom stereocenters. The van der Waals surface area contributed by atoms with E-state index < -0.39 is 0 Å². The van der Waals surface area contributed by atoms with Crippen LogP contribution in [0.5, 0.6) is 0 Å². The summed E-state index contributed by atoms with van der Waals surface area (Å²) in [6, 6.07) is 0. The summed E-state index contributed by atoms with van der Waals surface area (Å²) in [6.07, 6.45) is 3.87. The van der Waals surface area contributed by atoms with Crippen LogP contribution >= 0.6 is 0 Å². The molecule has 0 aliphatic carbocycles. The van der Waals surface area contributed by atoms with Gasteiger partial charge in [0.15, 0.2) is 0 Å². The Hall–Kier alpha value is 0.177. The van der Waals surface area contributed by atoms with Crippen molar-refractivity contribution in [3.63, 3.8) is 0 Å². The average molecular weight is 118 g/mol. The topological polar surface area (TPSA) is 9.23 Å². The Kier molecular flexibility index (Phi) is 6.33. The highest BCUT2D eigenvalue weighted by atomic mass is 28.2. The Balaban J connectivity index is 2.45. The highest BCUT2D eigenvalue weighted by molar-refractivity contribution is 5.97. The highest BCUT2D eigenvalue weighted by Gasteiger charge is 1.79. The maximum atomic E-state index is 4.98. The van der Waals surface area contributed by atoms with Crippen molar-refractivity contribution in [3.8, 4) is 0 Å². The molecule has 0 saturated heterocycles. The molecule has 0 N–H and O–H groups in total. The van der Waals surface area contributed by atoms with Crippen LogP contribution in [0.2, 0.25) is 0 Å². The quantitative estimate of drug-likeness (QED) is 0.385. The van der Waals surface area contributed by atoms with Crippen LogP contribution in [-0.4, -0.2) is 17.1 Å². The van der Waals surface area contributed by atoms with Crippen LogP contribution in [-0.2, 0) is 4.43 Å². The van der Waals surface area contributed by atoms with Crippen molar-refractivity contribution >= 4 is 10.5 Å². The number of hydrogen-bond acceptors (Lipinski definition) is 1. The zero-order valence-corrected chi connectivity index (χ0v) is 7.24. The summed E-state index contributed by atoms with van der Waals surface area (Å²) in [5.41, 5.74) is 0. The van der Waals surface area contributed by atoms with Crippen molar-refractivity contribution in [1.29, 1.82) is 0 Å². The third-order valence-electron chi connectivity index (χ3n) is 0.952. The normalized spacial score (nSPS) is 9.86. The standard InChI is InChI=1S/C5H14OSi/c1-2-3-4-5-6-7/h2-5H2,1,7H3. The lowest BCUT2D eigenvalue weighted by Gasteiger charge is -1.93. The first-order valence-corrected chi connectivity index (χ1v) is 3.72. The lowest BCUT2D eigenvalue weighted by atomic mass is 10.3. The van der Waals surface area contributed by atoms with Gasteiger partial charge < -0.3 is 4.43 Å². The molecule has 0 aromatic carbocycles. The van der Waals surface area contributed by atoms with Crippen LogP contribution in [0.1, 0.15) is 26.2 Å². The van der Waals surface area contributed by atoms with Crippen LogP contribution < -0.4 is 0 Å². The fourth-order valence-corrected chi connectivity index (χ4v) is 0.785. The van der Waals surface area contributed by atoms with Crippen LogP contribution in [0.4, 0.5) is 0 Å². The molecule has 7 heavy (non-hydrogen) atoms. The smallest absolute Gasteiger partial charge is 0.145 e. The fraction of sp³-hybridized carbons (Fsp3) is 1.00. The molecule has 0 radical (unpaired) electrons. The van der Waals surface area contributed by atoms with E-state index in [2.05, 4.69) is 6.92 Å². The molecule has 0 aromatic rings. The molecule has 0 unspecified atom stereocenters. The van der Waals surface area contributed by atoms with E-state index in [-0.39, 0.29) is 0 Å². The van der Waals surface area contributed by atoms with Crippen molar-refractivity contribution < 1.29 is 4.43 Å². The van der Waals surface area contributed by atoms with Crippen molar-refractivity contribution in [3.05, 3.63) is 0 Å². The SMILES string of the molecule is CCCCCO[SiH3]. The fourth-order valence-electron chi connectivity index (χ4n) is 0.496. The summed E-state index contributed by atoms with van der Waals surface area (Å²) >= 11 is 0. The second-order valence-corrected chi connectivity index (χ2v) is 2.28. The van der Waals surface area contributed by atoms with E-state index in [1.54, 1.807) is 0 Å². The van der Waals surface area contributed by atoms with Crippen LogP contribution in [0, 0.1) is 0 Å². The molecule has 1 nitrogen and oxygen atoms in total. The van der Waals surface area contributed by atoms with E-state index in [0.29, 0.717) is 0 Å². The van der Waals surface area contributed by atoms with E-state index in [1.807, 2.05) is 0 Å². The maximum Gasteiger partial charge on any atom is 0.145 e. The molecule has 0 spiro atoms. The minimum atomic E-state index is 0.906. The molecule has 0 aliphatic rings. The molecule has 2 heteroatoms. The van der Waals surface area contributed by atoms with Gasteiger partial charge in [-0.1, -0.05) is 19.8 Å². The first-order valence-electron chi connectivity index (χ1n) is 2.90. The van der Waals surface area contributed by atoms with Gasteiger partial charge in [0.05, 0.1) is 0 Å². The lowest BCUT2D eigenvalue weighted by Crippen LogP contribution is -1.87. The largest absolute Gasteiger partial charge is 0.428 e. The molecule has 0 rings (SSSR count). The summed E-state index contributed by atoms with van der Waals surface area (Å²) < 4.78 is 4.98. The Morgan fingerprint density at radius 2 is 2.14 bits per heavy atom. The van der Waals surface area contributed by atoms with Gasteiger partial charge in [-0.2, -0.15) is 0 Å². The van der Waals surface area contributed by atoms with Crippen molar-refractivity contribution in [1.82, 2.24) is 0 Å². The second kappa shape index (κ2) is 6.18. The molecule has 0 saturated carbocycles. The third-order valence-corrected chi connectivity index (χ3v) is 1.36. The average Bonchev–Trinajstić information content (AvgIpc) is 1.69. The van der Waals surface area contributed by atoms with Gasteiger partial charge in [-0.15, -0.1) is 0 Å². The van der Waals surface area contributed by atoms with Gasteiger partial charge in [-0.3, -0.25) is 0 Å². The van der Waals surface area contributed by atoms with E-state index in [1.165, 1.54) is 19.3 Å². The predicted molar refractivity (Wildman–Crippen MR) is 35.4 cm³/mol. The first kappa shape index (κ1) is 7.18. The minimum absolute atomic E-state index is 0.906. The van der Waals surface area contributed by atoms with Gasteiger partial charge in [-0.25, -0.2) is 0 Å². The molecule has 0 bridgehead atoms. The molecule has 0 amide bonds. The summed E-state index contributed by atoms with van der Waals surface area (Å²) in [5, 5.41) is 0. The van der Waals surface area contributed by atoms with Crippen molar-refractivity contribution in [2.45, 2.75) is 26.2 Å². The summed E-state index contributed by atoms with van der Waals surface area (Å²) in [4.78, 5) is 0. The van der Waals surface area contributed by atoms with E-state index in [4.69, 9.17) is 4.43 Å². The van der Waals surface area contributed by atoms with Crippen molar-refractivity contribution in [2.75, 3.05) is 6.61 Å². The molecular formula is C5H14OSi. The van der Waals surface area contributed by atoms with Crippen LogP contribution in [0.3, 0.4) is 0 Å². The summed E-state index contributed by atoms with van der Waals surface area (Å²) in [5.74, 6) is 0. The molecule has 0 aromatic heterocycles. The van der Waals surface area contributed by atoms with Gasteiger partial charge in [-0.05, 0) is 6.42 Å². The van der Waals surface area contributed by atoms with Gasteiger partial charge in [0.25, 0.3) is 0 Å². The van der Waals surface area contributed by atoms with Gasteiger partial charge in [0.1, 0.15) is 10.5 Å². The zero-order valence-electron chi connectivity index (χ0n) is 5.24. The maximum absolute atomic E-state index is 4.98.